The Morgan fingerprint density at radius 1 is 0.952 bits per heavy atom. The molecule has 2 aromatic carbocycles. The van der Waals surface area contributed by atoms with E-state index in [1.807, 2.05) is 18.2 Å². The van der Waals surface area contributed by atoms with E-state index in [0.29, 0.717) is 21.8 Å². The molecule has 1 aliphatic rings. The zero-order valence-electron chi connectivity index (χ0n) is 11.3. The second kappa shape index (κ2) is 5.60. The molecule has 0 bridgehead atoms. The Morgan fingerprint density at radius 3 is 2.29 bits per heavy atom. The molecule has 2 atom stereocenters. The first-order chi connectivity index (χ1) is 10.2. The third-order valence-electron chi connectivity index (χ3n) is 3.54. The van der Waals surface area contributed by atoms with Crippen LogP contribution < -0.4 is 10.4 Å². The van der Waals surface area contributed by atoms with E-state index in [9.17, 15) is 15.3 Å². The number of aliphatic hydroxyl groups excluding tert-OH is 3. The fourth-order valence-corrected chi connectivity index (χ4v) is 2.42. The summed E-state index contributed by atoms with van der Waals surface area (Å²) in [5.74, 6) is 0.400. The van der Waals surface area contributed by atoms with Crippen molar-refractivity contribution in [2.45, 2.75) is 12.2 Å². The summed E-state index contributed by atoms with van der Waals surface area (Å²) in [4.78, 5) is 0. The summed E-state index contributed by atoms with van der Waals surface area (Å²) >= 11 is 0. The first-order valence-electron chi connectivity index (χ1n) is 6.75. The summed E-state index contributed by atoms with van der Waals surface area (Å²) in [6.45, 7) is 0.0525. The Morgan fingerprint density at radius 2 is 1.62 bits per heavy atom. The zero-order valence-corrected chi connectivity index (χ0v) is 11.3. The van der Waals surface area contributed by atoms with E-state index in [0.717, 1.165) is 0 Å². The Hall–Kier alpha value is -2.30. The summed E-state index contributed by atoms with van der Waals surface area (Å²) in [5, 5.41) is 31.2. The van der Waals surface area contributed by atoms with Gasteiger partial charge in [-0.25, -0.2) is 0 Å². The minimum Gasteiger partial charge on any atom is -0.507 e. The Labute approximate surface area is 121 Å². The summed E-state index contributed by atoms with van der Waals surface area (Å²) in [7, 11) is 0. The van der Waals surface area contributed by atoms with Crippen LogP contribution >= 0.6 is 0 Å². The predicted molar refractivity (Wildman–Crippen MR) is 78.6 cm³/mol. The van der Waals surface area contributed by atoms with E-state index in [1.165, 1.54) is 0 Å². The molecule has 21 heavy (non-hydrogen) atoms. The molecule has 0 aromatic heterocycles. The van der Waals surface area contributed by atoms with E-state index in [4.69, 9.17) is 4.74 Å². The SMILES string of the molecule is O/C(c1ccccc1)=c1/cccc/c1=C1/OC[C@H](O)[C@@H]1O. The average Bonchev–Trinajstić information content (AvgIpc) is 2.87. The highest BCUT2D eigenvalue weighted by atomic mass is 16.5. The van der Waals surface area contributed by atoms with Crippen LogP contribution in [-0.2, 0) is 4.74 Å². The van der Waals surface area contributed by atoms with E-state index >= 15 is 0 Å². The molecule has 4 heteroatoms. The van der Waals surface area contributed by atoms with E-state index in [2.05, 4.69) is 0 Å². The average molecular weight is 284 g/mol. The highest BCUT2D eigenvalue weighted by molar-refractivity contribution is 5.60. The minimum absolute atomic E-state index is 0.0525. The van der Waals surface area contributed by atoms with Gasteiger partial charge in [-0.05, 0) is 0 Å². The molecule has 0 radical (unpaired) electrons. The molecule has 1 aliphatic heterocycles. The molecule has 0 amide bonds. The van der Waals surface area contributed by atoms with Crippen molar-refractivity contribution in [2.75, 3.05) is 6.61 Å². The molecule has 0 unspecified atom stereocenters. The smallest absolute Gasteiger partial charge is 0.141 e. The van der Waals surface area contributed by atoms with E-state index in [1.54, 1.807) is 36.4 Å². The molecule has 3 N–H and O–H groups in total. The summed E-state index contributed by atoms with van der Waals surface area (Å²) in [6, 6.07) is 16.3. The van der Waals surface area contributed by atoms with Crippen molar-refractivity contribution in [3.63, 3.8) is 0 Å². The molecule has 1 saturated heterocycles. The minimum atomic E-state index is -1.07. The number of aliphatic hydroxyl groups is 3. The van der Waals surface area contributed by atoms with Crippen LogP contribution in [0.4, 0.5) is 0 Å². The van der Waals surface area contributed by atoms with Crippen molar-refractivity contribution in [3.8, 4) is 0 Å². The van der Waals surface area contributed by atoms with Gasteiger partial charge in [0.2, 0.25) is 0 Å². The van der Waals surface area contributed by atoms with Crippen molar-refractivity contribution < 1.29 is 20.1 Å². The van der Waals surface area contributed by atoms with Crippen LogP contribution in [0.25, 0.3) is 11.5 Å². The third-order valence-corrected chi connectivity index (χ3v) is 3.54. The van der Waals surface area contributed by atoms with Gasteiger partial charge in [-0.1, -0.05) is 54.6 Å². The van der Waals surface area contributed by atoms with Crippen molar-refractivity contribution in [3.05, 3.63) is 70.6 Å². The Kier molecular flexibility index (Phi) is 3.64. The molecule has 0 aliphatic carbocycles. The van der Waals surface area contributed by atoms with Gasteiger partial charge in [-0.3, -0.25) is 0 Å². The van der Waals surface area contributed by atoms with Gasteiger partial charge in [0.25, 0.3) is 0 Å². The molecule has 4 nitrogen and oxygen atoms in total. The predicted octanol–water partition coefficient (Wildman–Crippen LogP) is 0.261. The van der Waals surface area contributed by atoms with E-state index in [-0.39, 0.29) is 12.4 Å². The van der Waals surface area contributed by atoms with Crippen LogP contribution in [0.3, 0.4) is 0 Å². The number of hydrogen-bond donors (Lipinski definition) is 3. The van der Waals surface area contributed by atoms with Crippen molar-refractivity contribution >= 4 is 11.5 Å². The highest BCUT2D eigenvalue weighted by Gasteiger charge is 2.30. The molecule has 108 valence electrons. The Balaban J connectivity index is 2.30. The molecule has 2 aromatic rings. The van der Waals surface area contributed by atoms with Crippen molar-refractivity contribution in [1.29, 1.82) is 0 Å². The van der Waals surface area contributed by atoms with Gasteiger partial charge in [0, 0.05) is 16.0 Å². The molecule has 0 spiro atoms. The normalized spacial score (nSPS) is 25.4. The van der Waals surface area contributed by atoms with Crippen LogP contribution in [0.2, 0.25) is 0 Å². The molecule has 1 heterocycles. The molecular formula is C17H16O4. The van der Waals surface area contributed by atoms with Gasteiger partial charge < -0.3 is 20.1 Å². The van der Waals surface area contributed by atoms with Gasteiger partial charge in [-0.15, -0.1) is 0 Å². The summed E-state index contributed by atoms with van der Waals surface area (Å²) in [5.41, 5.74) is 0.679. The molecule has 1 fully saturated rings. The van der Waals surface area contributed by atoms with E-state index < -0.39 is 12.2 Å². The fourth-order valence-electron chi connectivity index (χ4n) is 2.42. The fraction of sp³-hybridized carbons (Fsp3) is 0.176. The lowest BCUT2D eigenvalue weighted by Gasteiger charge is -2.06. The third kappa shape index (κ3) is 2.51. The summed E-state index contributed by atoms with van der Waals surface area (Å²) < 4.78 is 5.38. The maximum atomic E-state index is 10.5. The number of rotatable bonds is 1. The topological polar surface area (TPSA) is 69.9 Å². The van der Waals surface area contributed by atoms with Gasteiger partial charge in [-0.2, -0.15) is 0 Å². The molecule has 3 rings (SSSR count). The lowest BCUT2D eigenvalue weighted by molar-refractivity contribution is 0.0665. The van der Waals surface area contributed by atoms with Crippen LogP contribution in [0.1, 0.15) is 5.56 Å². The second-order valence-electron chi connectivity index (χ2n) is 4.95. The van der Waals surface area contributed by atoms with Gasteiger partial charge in [0.15, 0.2) is 0 Å². The van der Waals surface area contributed by atoms with Crippen molar-refractivity contribution in [2.24, 2.45) is 0 Å². The maximum absolute atomic E-state index is 10.5. The van der Waals surface area contributed by atoms with Gasteiger partial charge in [0.05, 0.1) is 0 Å². The summed E-state index contributed by atoms with van der Waals surface area (Å²) in [6.07, 6.45) is -2.01. The first-order valence-corrected chi connectivity index (χ1v) is 6.75. The Bertz CT molecular complexity index is 752. The van der Waals surface area contributed by atoms with Gasteiger partial charge >= 0.3 is 0 Å². The van der Waals surface area contributed by atoms with Crippen LogP contribution in [0, 0.1) is 0 Å². The lowest BCUT2D eigenvalue weighted by atomic mass is 10.1. The van der Waals surface area contributed by atoms with Crippen LogP contribution in [0.15, 0.2) is 54.6 Å². The standard InChI is InChI=1S/C17H16O4/c18-14-10-21-17(16(14)20)13-9-5-4-8-12(13)15(19)11-6-2-1-3-7-11/h1-9,14,16,18-20H,10H2/b15-12-,17-13-/t14-,16-/m0/s1. The van der Waals surface area contributed by atoms with Gasteiger partial charge in [0.1, 0.15) is 30.3 Å². The molecular weight excluding hydrogens is 268 g/mol. The maximum Gasteiger partial charge on any atom is 0.141 e. The first kappa shape index (κ1) is 13.7. The van der Waals surface area contributed by atoms with Crippen LogP contribution in [0.5, 0.6) is 0 Å². The zero-order chi connectivity index (χ0) is 14.8. The monoisotopic (exact) mass is 284 g/mol. The lowest BCUT2D eigenvalue weighted by Crippen LogP contribution is -2.33. The largest absolute Gasteiger partial charge is 0.507 e. The quantitative estimate of drug-likeness (QED) is 0.702. The number of hydrogen-bond acceptors (Lipinski definition) is 4. The van der Waals surface area contributed by atoms with Crippen molar-refractivity contribution in [1.82, 2.24) is 0 Å². The number of ether oxygens (including phenoxy) is 1. The highest BCUT2D eigenvalue weighted by Crippen LogP contribution is 2.17. The second-order valence-corrected chi connectivity index (χ2v) is 4.95. The number of benzene rings is 2. The molecule has 0 saturated carbocycles. The van der Waals surface area contributed by atoms with Crippen LogP contribution in [-0.4, -0.2) is 34.1 Å².